The lowest BCUT2D eigenvalue weighted by Crippen LogP contribution is -2.26. The number of nitrogens with zero attached hydrogens (tertiary/aromatic N) is 4. The Morgan fingerprint density at radius 2 is 2.26 bits per heavy atom. The van der Waals surface area contributed by atoms with Gasteiger partial charge >= 0.3 is 0 Å². The van der Waals surface area contributed by atoms with E-state index >= 15 is 0 Å². The molecule has 9 nitrogen and oxygen atoms in total. The second-order valence-corrected chi connectivity index (χ2v) is 5.41. The van der Waals surface area contributed by atoms with Crippen molar-refractivity contribution in [3.8, 4) is 0 Å². The zero-order valence-corrected chi connectivity index (χ0v) is 10.9. The van der Waals surface area contributed by atoms with Gasteiger partial charge < -0.3 is 9.99 Å². The first-order valence-electron chi connectivity index (χ1n) is 5.29. The number of pyridine rings is 1. The average Bonchev–Trinajstić information content (AvgIpc) is 2.82. The van der Waals surface area contributed by atoms with Crippen LogP contribution in [0.1, 0.15) is 5.82 Å². The third kappa shape index (κ3) is 2.86. The number of hydrogen-bond acceptors (Lipinski definition) is 7. The van der Waals surface area contributed by atoms with Crippen LogP contribution in [0.15, 0.2) is 29.6 Å². The summed E-state index contributed by atoms with van der Waals surface area (Å²) in [6.07, 6.45) is 2.93. The van der Waals surface area contributed by atoms with Gasteiger partial charge in [0.2, 0.25) is 10.0 Å². The fraction of sp³-hybridized carbons (Fsp3) is 0.222. The number of nitrogens with one attached hydrogen (secondary N) is 2. The van der Waals surface area contributed by atoms with Crippen molar-refractivity contribution in [1.82, 2.24) is 24.5 Å². The maximum absolute atomic E-state index is 12.1. The van der Waals surface area contributed by atoms with Crippen LogP contribution >= 0.6 is 0 Å². The van der Waals surface area contributed by atoms with E-state index < -0.39 is 10.0 Å². The molecular weight excluding hydrogens is 270 g/mol. The van der Waals surface area contributed by atoms with E-state index in [0.29, 0.717) is 5.82 Å². The third-order valence-electron chi connectivity index (χ3n) is 2.42. The lowest BCUT2D eigenvalue weighted by Gasteiger charge is -2.09. The third-order valence-corrected chi connectivity index (χ3v) is 3.86. The van der Waals surface area contributed by atoms with Gasteiger partial charge in [0.05, 0.1) is 6.54 Å². The maximum Gasteiger partial charge on any atom is 0.244 e. The Balaban J connectivity index is 2.21. The van der Waals surface area contributed by atoms with E-state index in [1.807, 2.05) is 0 Å². The monoisotopic (exact) mass is 283 g/mol. The molecular formula is C9H13N7O2S. The predicted molar refractivity (Wildman–Crippen MR) is 67.1 cm³/mol. The molecule has 2 aromatic heterocycles. The summed E-state index contributed by atoms with van der Waals surface area (Å²) >= 11 is 0. The smallest absolute Gasteiger partial charge is 0.244 e. The minimum Gasteiger partial charge on any atom is -0.320 e. The highest BCUT2D eigenvalue weighted by atomic mass is 32.2. The molecule has 0 spiro atoms. The molecule has 0 atom stereocenters. The maximum atomic E-state index is 12.1. The van der Waals surface area contributed by atoms with Crippen molar-refractivity contribution in [2.24, 2.45) is 12.9 Å². The Bertz CT molecular complexity index is 667. The number of hydrogen-bond donors (Lipinski definition) is 3. The molecule has 0 aliphatic carbocycles. The summed E-state index contributed by atoms with van der Waals surface area (Å²) in [5.74, 6) is 5.80. The first kappa shape index (κ1) is 13.4. The molecule has 0 aliphatic heterocycles. The molecule has 0 saturated heterocycles. The zero-order valence-electron chi connectivity index (χ0n) is 10.1. The molecule has 19 heavy (non-hydrogen) atoms. The van der Waals surface area contributed by atoms with Crippen LogP contribution in [-0.2, 0) is 23.6 Å². The van der Waals surface area contributed by atoms with Gasteiger partial charge in [-0.2, -0.15) is 0 Å². The van der Waals surface area contributed by atoms with Crippen LogP contribution in [0.3, 0.4) is 0 Å². The largest absolute Gasteiger partial charge is 0.320 e. The summed E-state index contributed by atoms with van der Waals surface area (Å²) in [5.41, 5.74) is 2.24. The van der Waals surface area contributed by atoms with Crippen molar-refractivity contribution >= 4 is 15.8 Å². The van der Waals surface area contributed by atoms with E-state index in [1.54, 1.807) is 11.6 Å². The standard InChI is InChI=1S/C9H13N7O2S/c1-16-6-12-15-8(16)5-13-19(17,18)7-3-2-4-11-9(7)14-10/h2-4,6,13H,5,10H2,1H3,(H,11,14). The van der Waals surface area contributed by atoms with E-state index in [1.165, 1.54) is 24.7 Å². The van der Waals surface area contributed by atoms with Crippen LogP contribution in [0.4, 0.5) is 5.82 Å². The molecule has 102 valence electrons. The first-order chi connectivity index (χ1) is 9.04. The molecule has 0 amide bonds. The molecule has 2 rings (SSSR count). The van der Waals surface area contributed by atoms with Crippen molar-refractivity contribution in [3.05, 3.63) is 30.5 Å². The van der Waals surface area contributed by atoms with Gasteiger partial charge in [0, 0.05) is 13.2 Å². The van der Waals surface area contributed by atoms with E-state index in [2.05, 4.69) is 25.3 Å². The van der Waals surface area contributed by atoms with Crippen LogP contribution in [0, 0.1) is 0 Å². The SMILES string of the molecule is Cn1cnnc1CNS(=O)(=O)c1cccnc1NN. The summed E-state index contributed by atoms with van der Waals surface area (Å²) in [5, 5.41) is 7.45. The lowest BCUT2D eigenvalue weighted by atomic mass is 10.5. The highest BCUT2D eigenvalue weighted by Crippen LogP contribution is 2.16. The molecule has 0 aromatic carbocycles. The summed E-state index contributed by atoms with van der Waals surface area (Å²) < 4.78 is 28.3. The van der Waals surface area contributed by atoms with Gasteiger partial charge in [0.25, 0.3) is 0 Å². The minimum absolute atomic E-state index is 0.0255. The predicted octanol–water partition coefficient (Wildman–Crippen LogP) is -1.03. The van der Waals surface area contributed by atoms with Crippen LogP contribution in [0.2, 0.25) is 0 Å². The van der Waals surface area contributed by atoms with Crippen molar-refractivity contribution in [2.75, 3.05) is 5.43 Å². The lowest BCUT2D eigenvalue weighted by molar-refractivity contribution is 0.577. The summed E-state index contributed by atoms with van der Waals surface area (Å²) in [6.45, 7) is 0.0255. The number of aromatic nitrogens is 4. The molecule has 4 N–H and O–H groups in total. The normalized spacial score (nSPS) is 11.5. The number of hydrazine groups is 1. The number of sulfonamides is 1. The van der Waals surface area contributed by atoms with Gasteiger partial charge in [-0.25, -0.2) is 24.0 Å². The fourth-order valence-electron chi connectivity index (χ4n) is 1.42. The van der Waals surface area contributed by atoms with E-state index in [0.717, 1.165) is 0 Å². The van der Waals surface area contributed by atoms with Crippen LogP contribution < -0.4 is 16.0 Å². The van der Waals surface area contributed by atoms with E-state index in [9.17, 15) is 8.42 Å². The van der Waals surface area contributed by atoms with Gasteiger partial charge in [-0.05, 0) is 12.1 Å². The summed E-state index contributed by atoms with van der Waals surface area (Å²) in [7, 11) is -2.01. The van der Waals surface area contributed by atoms with Gasteiger partial charge in [0.1, 0.15) is 17.0 Å². The number of aryl methyl sites for hydroxylation is 1. The van der Waals surface area contributed by atoms with E-state index in [-0.39, 0.29) is 17.3 Å². The molecule has 0 radical (unpaired) electrons. The topological polar surface area (TPSA) is 128 Å². The second kappa shape index (κ2) is 5.30. The number of nitrogen functional groups attached to an aromatic ring is 1. The minimum atomic E-state index is -3.73. The van der Waals surface area contributed by atoms with Crippen molar-refractivity contribution in [1.29, 1.82) is 0 Å². The van der Waals surface area contributed by atoms with Crippen molar-refractivity contribution < 1.29 is 8.42 Å². The average molecular weight is 283 g/mol. The Morgan fingerprint density at radius 3 is 2.89 bits per heavy atom. The molecule has 0 saturated carbocycles. The van der Waals surface area contributed by atoms with Crippen LogP contribution in [-0.4, -0.2) is 28.2 Å². The van der Waals surface area contributed by atoms with Crippen LogP contribution in [0.25, 0.3) is 0 Å². The molecule has 10 heteroatoms. The number of rotatable bonds is 5. The fourth-order valence-corrected chi connectivity index (χ4v) is 2.52. The van der Waals surface area contributed by atoms with Crippen molar-refractivity contribution in [2.45, 2.75) is 11.4 Å². The number of nitrogens with two attached hydrogens (primary N) is 1. The Morgan fingerprint density at radius 1 is 1.47 bits per heavy atom. The van der Waals surface area contributed by atoms with Gasteiger partial charge in [-0.15, -0.1) is 10.2 Å². The first-order valence-corrected chi connectivity index (χ1v) is 6.77. The molecule has 0 unspecified atom stereocenters. The Labute approximate surface area is 109 Å². The van der Waals surface area contributed by atoms with Gasteiger partial charge in [-0.1, -0.05) is 0 Å². The van der Waals surface area contributed by atoms with Gasteiger partial charge in [-0.3, -0.25) is 0 Å². The highest BCUT2D eigenvalue weighted by molar-refractivity contribution is 7.89. The van der Waals surface area contributed by atoms with E-state index in [4.69, 9.17) is 5.84 Å². The Kier molecular flexibility index (Phi) is 3.74. The molecule has 0 aliphatic rings. The van der Waals surface area contributed by atoms with Gasteiger partial charge in [0.15, 0.2) is 5.82 Å². The van der Waals surface area contributed by atoms with Crippen LogP contribution in [0.5, 0.6) is 0 Å². The number of anilines is 1. The second-order valence-electron chi connectivity index (χ2n) is 3.68. The Hall–Kier alpha value is -2.04. The molecule has 0 bridgehead atoms. The quantitative estimate of drug-likeness (QED) is 0.473. The zero-order chi connectivity index (χ0) is 13.9. The molecule has 2 aromatic rings. The summed E-state index contributed by atoms with van der Waals surface area (Å²) in [4.78, 5) is 3.81. The highest BCUT2D eigenvalue weighted by Gasteiger charge is 2.19. The summed E-state index contributed by atoms with van der Waals surface area (Å²) in [6, 6.07) is 2.92. The molecule has 0 fully saturated rings. The molecule has 2 heterocycles. The van der Waals surface area contributed by atoms with Crippen molar-refractivity contribution in [3.63, 3.8) is 0 Å².